The zero-order valence-corrected chi connectivity index (χ0v) is 9.55. The van der Waals surface area contributed by atoms with E-state index < -0.39 is 0 Å². The van der Waals surface area contributed by atoms with E-state index in [-0.39, 0.29) is 5.69 Å². The average Bonchev–Trinajstić information content (AvgIpc) is 2.34. The van der Waals surface area contributed by atoms with Crippen molar-refractivity contribution in [1.82, 2.24) is 14.5 Å². The van der Waals surface area contributed by atoms with Gasteiger partial charge < -0.3 is 5.43 Å². The van der Waals surface area contributed by atoms with Crippen molar-refractivity contribution in [2.45, 2.75) is 6.54 Å². The van der Waals surface area contributed by atoms with Crippen molar-refractivity contribution >= 4 is 17.4 Å². The van der Waals surface area contributed by atoms with E-state index in [1.807, 2.05) is 0 Å². The van der Waals surface area contributed by atoms with E-state index in [9.17, 15) is 4.79 Å². The maximum absolute atomic E-state index is 11.5. The average molecular weight is 252 g/mol. The molecule has 0 saturated carbocycles. The summed E-state index contributed by atoms with van der Waals surface area (Å²) in [5.41, 5.74) is 2.75. The van der Waals surface area contributed by atoms with Crippen molar-refractivity contribution in [2.75, 3.05) is 5.43 Å². The zero-order valence-electron chi connectivity index (χ0n) is 8.80. The number of hydrogen-bond acceptors (Lipinski definition) is 5. The molecule has 0 aromatic carbocycles. The molecule has 2 rings (SSSR count). The third-order valence-corrected chi connectivity index (χ3v) is 2.31. The van der Waals surface area contributed by atoms with E-state index >= 15 is 0 Å². The van der Waals surface area contributed by atoms with Gasteiger partial charge in [-0.25, -0.2) is 20.6 Å². The highest BCUT2D eigenvalue weighted by atomic mass is 35.5. The highest BCUT2D eigenvalue weighted by Gasteiger charge is 2.02. The maximum Gasteiger partial charge on any atom is 0.347 e. The van der Waals surface area contributed by atoms with Crippen LogP contribution in [0, 0.1) is 0 Å². The summed E-state index contributed by atoms with van der Waals surface area (Å²) in [6.45, 7) is 0.294. The molecule has 0 spiro atoms. The molecular formula is C10H10ClN5O. The zero-order chi connectivity index (χ0) is 12.3. The van der Waals surface area contributed by atoms with Crippen molar-refractivity contribution in [3.8, 4) is 0 Å². The Bertz CT molecular complexity index is 583. The molecule has 0 amide bonds. The van der Waals surface area contributed by atoms with Gasteiger partial charge in [-0.3, -0.25) is 4.57 Å². The van der Waals surface area contributed by atoms with Crippen molar-refractivity contribution in [3.63, 3.8) is 0 Å². The van der Waals surface area contributed by atoms with Gasteiger partial charge in [0.15, 0.2) is 0 Å². The quantitative estimate of drug-likeness (QED) is 0.617. The molecule has 88 valence electrons. The lowest BCUT2D eigenvalue weighted by atomic mass is 10.3. The number of anilines is 1. The molecule has 2 aromatic rings. The maximum atomic E-state index is 11.5. The minimum atomic E-state index is -0.373. The summed E-state index contributed by atoms with van der Waals surface area (Å²) in [4.78, 5) is 19.3. The monoisotopic (exact) mass is 251 g/mol. The molecule has 0 bridgehead atoms. The fraction of sp³-hybridized carbons (Fsp3) is 0.100. The van der Waals surface area contributed by atoms with Crippen molar-refractivity contribution in [3.05, 3.63) is 51.8 Å². The molecule has 0 atom stereocenters. The minimum absolute atomic E-state index is 0.294. The number of nitrogens with two attached hydrogens (primary N) is 1. The topological polar surface area (TPSA) is 85.8 Å². The van der Waals surface area contributed by atoms with Crippen LogP contribution in [0.5, 0.6) is 0 Å². The summed E-state index contributed by atoms with van der Waals surface area (Å²) in [6, 6.07) is 5.30. The lowest BCUT2D eigenvalue weighted by Gasteiger charge is -2.06. The number of nitrogens with zero attached hydrogens (tertiary/aromatic N) is 3. The van der Waals surface area contributed by atoms with Crippen molar-refractivity contribution in [2.24, 2.45) is 5.84 Å². The standard InChI is InChI=1S/C10H10ClN5O/c11-7-4-13-10(17)16(5-7)6-8-2-1-3-9(14-8)15-12/h1-5H,6,12H2,(H,14,15). The largest absolute Gasteiger partial charge is 0.347 e. The molecule has 0 aliphatic heterocycles. The fourth-order valence-corrected chi connectivity index (χ4v) is 1.53. The fourth-order valence-electron chi connectivity index (χ4n) is 1.36. The van der Waals surface area contributed by atoms with Crippen LogP contribution in [-0.4, -0.2) is 14.5 Å². The summed E-state index contributed by atoms with van der Waals surface area (Å²) in [6.07, 6.45) is 2.83. The Hall–Kier alpha value is -1.92. The molecule has 0 fully saturated rings. The first-order valence-electron chi connectivity index (χ1n) is 4.83. The van der Waals surface area contributed by atoms with Gasteiger partial charge in [-0.2, -0.15) is 0 Å². The first kappa shape index (κ1) is 11.6. The Morgan fingerprint density at radius 3 is 3.06 bits per heavy atom. The Balaban J connectivity index is 2.31. The first-order valence-corrected chi connectivity index (χ1v) is 5.21. The summed E-state index contributed by atoms with van der Waals surface area (Å²) in [7, 11) is 0. The van der Waals surface area contributed by atoms with Crippen LogP contribution in [0.4, 0.5) is 5.82 Å². The van der Waals surface area contributed by atoms with Crippen LogP contribution >= 0.6 is 11.6 Å². The number of hydrogen-bond donors (Lipinski definition) is 2. The molecule has 2 heterocycles. The second-order valence-corrected chi connectivity index (χ2v) is 3.78. The Labute approximate surface area is 102 Å². The molecule has 6 nitrogen and oxygen atoms in total. The molecule has 3 N–H and O–H groups in total. The lowest BCUT2D eigenvalue weighted by Crippen LogP contribution is -2.23. The van der Waals surface area contributed by atoms with Crippen LogP contribution < -0.4 is 17.0 Å². The summed E-state index contributed by atoms with van der Waals surface area (Å²) >= 11 is 5.77. The van der Waals surface area contributed by atoms with Crippen LogP contribution in [0.3, 0.4) is 0 Å². The van der Waals surface area contributed by atoms with Gasteiger partial charge in [0.2, 0.25) is 0 Å². The number of nitrogen functional groups attached to an aromatic ring is 1. The van der Waals surface area contributed by atoms with Crippen LogP contribution in [0.1, 0.15) is 5.69 Å². The highest BCUT2D eigenvalue weighted by Crippen LogP contribution is 2.06. The minimum Gasteiger partial charge on any atom is -0.308 e. The van der Waals surface area contributed by atoms with Crippen LogP contribution in [-0.2, 0) is 6.54 Å². The van der Waals surface area contributed by atoms with E-state index in [2.05, 4.69) is 15.4 Å². The van der Waals surface area contributed by atoms with Gasteiger partial charge >= 0.3 is 5.69 Å². The van der Waals surface area contributed by atoms with Gasteiger partial charge in [0, 0.05) is 6.20 Å². The Kier molecular flexibility index (Phi) is 3.36. The van der Waals surface area contributed by atoms with Gasteiger partial charge in [0.05, 0.1) is 23.5 Å². The second-order valence-electron chi connectivity index (χ2n) is 3.34. The number of rotatable bonds is 3. The van der Waals surface area contributed by atoms with Gasteiger partial charge in [-0.15, -0.1) is 0 Å². The SMILES string of the molecule is NNc1cccc(Cn2cc(Cl)cnc2=O)n1. The van der Waals surface area contributed by atoms with Crippen molar-refractivity contribution < 1.29 is 0 Å². The summed E-state index contributed by atoms with van der Waals surface area (Å²) < 4.78 is 1.38. The second kappa shape index (κ2) is 4.94. The molecule has 2 aromatic heterocycles. The Morgan fingerprint density at radius 2 is 2.29 bits per heavy atom. The van der Waals surface area contributed by atoms with Crippen molar-refractivity contribution in [1.29, 1.82) is 0 Å². The highest BCUT2D eigenvalue weighted by molar-refractivity contribution is 6.30. The van der Waals surface area contributed by atoms with Crippen LogP contribution in [0.25, 0.3) is 0 Å². The number of halogens is 1. The molecule has 0 aliphatic rings. The number of nitrogens with one attached hydrogen (secondary N) is 1. The van der Waals surface area contributed by atoms with Gasteiger partial charge in [-0.1, -0.05) is 17.7 Å². The normalized spacial score (nSPS) is 10.2. The number of pyridine rings is 1. The van der Waals surface area contributed by atoms with Crippen LogP contribution in [0.15, 0.2) is 35.4 Å². The first-order chi connectivity index (χ1) is 8.19. The van der Waals surface area contributed by atoms with Gasteiger partial charge in [0.1, 0.15) is 5.82 Å². The Morgan fingerprint density at radius 1 is 1.47 bits per heavy atom. The van der Waals surface area contributed by atoms with Gasteiger partial charge in [-0.05, 0) is 12.1 Å². The van der Waals surface area contributed by atoms with Gasteiger partial charge in [0.25, 0.3) is 0 Å². The smallest absolute Gasteiger partial charge is 0.308 e. The summed E-state index contributed by atoms with van der Waals surface area (Å²) in [5.74, 6) is 5.78. The molecule has 7 heteroatoms. The third-order valence-electron chi connectivity index (χ3n) is 2.11. The lowest BCUT2D eigenvalue weighted by molar-refractivity contribution is 0.711. The predicted molar refractivity (Wildman–Crippen MR) is 64.7 cm³/mol. The molecular weight excluding hydrogens is 242 g/mol. The van der Waals surface area contributed by atoms with E-state index in [1.165, 1.54) is 17.0 Å². The van der Waals surface area contributed by atoms with Crippen LogP contribution in [0.2, 0.25) is 5.02 Å². The van der Waals surface area contributed by atoms with E-state index in [0.717, 1.165) is 0 Å². The van der Waals surface area contributed by atoms with E-state index in [0.29, 0.717) is 23.1 Å². The third kappa shape index (κ3) is 2.80. The number of hydrazine groups is 1. The molecule has 0 radical (unpaired) electrons. The predicted octanol–water partition coefficient (Wildman–Crippen LogP) is 0.626. The summed E-state index contributed by atoms with van der Waals surface area (Å²) in [5, 5.41) is 0.401. The molecule has 0 aliphatic carbocycles. The molecule has 17 heavy (non-hydrogen) atoms. The van der Waals surface area contributed by atoms with E-state index in [4.69, 9.17) is 17.4 Å². The number of aromatic nitrogens is 3. The molecule has 0 saturated heterocycles. The molecule has 0 unspecified atom stereocenters. The van der Waals surface area contributed by atoms with E-state index in [1.54, 1.807) is 18.2 Å².